The lowest BCUT2D eigenvalue weighted by Crippen LogP contribution is -1.87. The van der Waals surface area contributed by atoms with Crippen molar-refractivity contribution in [2.45, 2.75) is 20.8 Å². The SMILES string of the molecule is CC.Cc1c(-c2ccccc2)cccc1-c1cc2nc(C=O)cnc2o1. The highest BCUT2D eigenvalue weighted by atomic mass is 16.3. The van der Waals surface area contributed by atoms with Gasteiger partial charge < -0.3 is 4.42 Å². The van der Waals surface area contributed by atoms with E-state index in [9.17, 15) is 4.79 Å². The summed E-state index contributed by atoms with van der Waals surface area (Å²) in [7, 11) is 0. The van der Waals surface area contributed by atoms with Crippen molar-refractivity contribution in [3.63, 3.8) is 0 Å². The lowest BCUT2D eigenvalue weighted by atomic mass is 9.95. The number of furan rings is 1. The number of aldehydes is 1. The van der Waals surface area contributed by atoms with Crippen molar-refractivity contribution in [1.29, 1.82) is 0 Å². The molecule has 2 aromatic carbocycles. The van der Waals surface area contributed by atoms with Gasteiger partial charge in [0.15, 0.2) is 6.29 Å². The first-order valence-electron chi connectivity index (χ1n) is 8.63. The van der Waals surface area contributed by atoms with Crippen LogP contribution in [0.1, 0.15) is 29.9 Å². The van der Waals surface area contributed by atoms with Gasteiger partial charge in [0.25, 0.3) is 0 Å². The molecule has 0 radical (unpaired) electrons. The Labute approximate surface area is 152 Å². The number of carbonyl (C=O) groups is 1. The van der Waals surface area contributed by atoms with Crippen LogP contribution in [0.4, 0.5) is 0 Å². The molecule has 0 unspecified atom stereocenters. The molecule has 0 saturated carbocycles. The summed E-state index contributed by atoms with van der Waals surface area (Å²) in [6, 6.07) is 18.2. The Hall–Kier alpha value is -3.27. The molecule has 4 rings (SSSR count). The van der Waals surface area contributed by atoms with Crippen LogP contribution in [-0.2, 0) is 0 Å². The van der Waals surface area contributed by atoms with E-state index in [-0.39, 0.29) is 0 Å². The average Bonchev–Trinajstić information content (AvgIpc) is 3.13. The molecular weight excluding hydrogens is 324 g/mol. The zero-order chi connectivity index (χ0) is 18.5. The lowest BCUT2D eigenvalue weighted by Gasteiger charge is -2.09. The maximum Gasteiger partial charge on any atom is 0.245 e. The molecule has 0 spiro atoms. The molecule has 4 aromatic rings. The minimum Gasteiger partial charge on any atom is -0.436 e. The fourth-order valence-electron chi connectivity index (χ4n) is 2.86. The van der Waals surface area contributed by atoms with E-state index in [1.807, 2.05) is 50.2 Å². The molecule has 2 heterocycles. The van der Waals surface area contributed by atoms with Gasteiger partial charge in [-0.2, -0.15) is 0 Å². The van der Waals surface area contributed by atoms with Crippen molar-refractivity contribution >= 4 is 17.5 Å². The number of rotatable bonds is 3. The molecule has 0 atom stereocenters. The Morgan fingerprint density at radius 1 is 0.962 bits per heavy atom. The fraction of sp³-hybridized carbons (Fsp3) is 0.136. The van der Waals surface area contributed by atoms with E-state index >= 15 is 0 Å². The summed E-state index contributed by atoms with van der Waals surface area (Å²) in [5.74, 6) is 0.698. The Morgan fingerprint density at radius 2 is 1.69 bits per heavy atom. The fourth-order valence-corrected chi connectivity index (χ4v) is 2.86. The van der Waals surface area contributed by atoms with Gasteiger partial charge in [0, 0.05) is 11.6 Å². The van der Waals surface area contributed by atoms with Gasteiger partial charge in [-0.15, -0.1) is 0 Å². The zero-order valence-electron chi connectivity index (χ0n) is 15.1. The summed E-state index contributed by atoms with van der Waals surface area (Å²) < 4.78 is 5.84. The normalized spacial score (nSPS) is 10.3. The van der Waals surface area contributed by atoms with Crippen molar-refractivity contribution in [3.8, 4) is 22.5 Å². The van der Waals surface area contributed by atoms with E-state index in [1.54, 1.807) is 0 Å². The second-order valence-corrected chi connectivity index (χ2v) is 5.56. The predicted octanol–water partition coefficient (Wildman–Crippen LogP) is 5.70. The van der Waals surface area contributed by atoms with Crippen LogP contribution in [0.2, 0.25) is 0 Å². The molecule has 0 aliphatic rings. The number of benzene rings is 2. The highest BCUT2D eigenvalue weighted by Crippen LogP contribution is 2.33. The molecule has 0 saturated heterocycles. The van der Waals surface area contributed by atoms with Gasteiger partial charge in [0.1, 0.15) is 17.0 Å². The first-order chi connectivity index (χ1) is 12.8. The molecular formula is C22H20N2O2. The molecule has 0 N–H and O–H groups in total. The number of hydrogen-bond acceptors (Lipinski definition) is 4. The van der Waals surface area contributed by atoms with E-state index in [4.69, 9.17) is 4.42 Å². The van der Waals surface area contributed by atoms with Crippen LogP contribution < -0.4 is 0 Å². The second-order valence-electron chi connectivity index (χ2n) is 5.56. The predicted molar refractivity (Wildman–Crippen MR) is 104 cm³/mol. The van der Waals surface area contributed by atoms with E-state index in [1.165, 1.54) is 6.20 Å². The first-order valence-corrected chi connectivity index (χ1v) is 8.63. The van der Waals surface area contributed by atoms with E-state index < -0.39 is 0 Å². The van der Waals surface area contributed by atoms with E-state index in [0.29, 0.717) is 29.0 Å². The first kappa shape index (κ1) is 17.5. The molecule has 0 aliphatic heterocycles. The van der Waals surface area contributed by atoms with Gasteiger partial charge >= 0.3 is 0 Å². The van der Waals surface area contributed by atoms with Crippen molar-refractivity contribution in [2.75, 3.05) is 0 Å². The third-order valence-electron chi connectivity index (χ3n) is 4.06. The third-order valence-corrected chi connectivity index (χ3v) is 4.06. The number of nitrogens with zero attached hydrogens (tertiary/aromatic N) is 2. The maximum atomic E-state index is 10.8. The molecule has 0 aliphatic carbocycles. The minimum atomic E-state index is 0.296. The smallest absolute Gasteiger partial charge is 0.245 e. The van der Waals surface area contributed by atoms with Crippen molar-refractivity contribution in [1.82, 2.24) is 9.97 Å². The van der Waals surface area contributed by atoms with Gasteiger partial charge in [0.05, 0.1) is 6.20 Å². The highest BCUT2D eigenvalue weighted by molar-refractivity contribution is 5.83. The topological polar surface area (TPSA) is 56.0 Å². The van der Waals surface area contributed by atoms with Crippen LogP contribution in [0, 0.1) is 6.92 Å². The van der Waals surface area contributed by atoms with E-state index in [0.717, 1.165) is 22.3 Å². The Morgan fingerprint density at radius 3 is 2.42 bits per heavy atom. The zero-order valence-corrected chi connectivity index (χ0v) is 15.1. The molecule has 26 heavy (non-hydrogen) atoms. The quantitative estimate of drug-likeness (QED) is 0.447. The molecule has 4 heteroatoms. The molecule has 2 aromatic heterocycles. The van der Waals surface area contributed by atoms with Crippen LogP contribution in [0.5, 0.6) is 0 Å². The molecule has 0 bridgehead atoms. The summed E-state index contributed by atoms with van der Waals surface area (Å²) in [5, 5.41) is 0. The lowest BCUT2D eigenvalue weighted by molar-refractivity contribution is 0.111. The van der Waals surface area contributed by atoms with Gasteiger partial charge in [-0.3, -0.25) is 4.79 Å². The number of carbonyl (C=O) groups excluding carboxylic acids is 1. The average molecular weight is 344 g/mol. The third kappa shape index (κ3) is 3.26. The Balaban J connectivity index is 0.000000948. The number of hydrogen-bond donors (Lipinski definition) is 0. The van der Waals surface area contributed by atoms with Crippen LogP contribution in [0.3, 0.4) is 0 Å². The van der Waals surface area contributed by atoms with Crippen LogP contribution in [0.15, 0.2) is 65.2 Å². The molecule has 4 nitrogen and oxygen atoms in total. The number of fused-ring (bicyclic) bond motifs is 1. The van der Waals surface area contributed by atoms with Crippen LogP contribution in [-0.4, -0.2) is 16.3 Å². The summed E-state index contributed by atoms with van der Waals surface area (Å²) in [6.45, 7) is 6.07. The minimum absolute atomic E-state index is 0.296. The summed E-state index contributed by atoms with van der Waals surface area (Å²) >= 11 is 0. The van der Waals surface area contributed by atoms with Gasteiger partial charge in [-0.05, 0) is 23.6 Å². The Kier molecular flexibility index (Phi) is 5.23. The number of aromatic nitrogens is 2. The van der Waals surface area contributed by atoms with Gasteiger partial charge in [-0.1, -0.05) is 62.4 Å². The molecule has 0 amide bonds. The second kappa shape index (κ2) is 7.74. The maximum absolute atomic E-state index is 10.8. The monoisotopic (exact) mass is 344 g/mol. The van der Waals surface area contributed by atoms with Crippen molar-refractivity contribution < 1.29 is 9.21 Å². The molecule has 130 valence electrons. The van der Waals surface area contributed by atoms with Gasteiger partial charge in [0.2, 0.25) is 5.71 Å². The van der Waals surface area contributed by atoms with Crippen molar-refractivity contribution in [2.24, 2.45) is 0 Å². The summed E-state index contributed by atoms with van der Waals surface area (Å²) in [4.78, 5) is 19.2. The van der Waals surface area contributed by atoms with Crippen LogP contribution in [0.25, 0.3) is 33.7 Å². The standard InChI is InChI=1S/C20H14N2O2.C2H6/c1-13-16(14-6-3-2-4-7-14)8-5-9-17(13)19-10-18-20(24-19)21-11-15(12-23)22-18;1-2/h2-12H,1H3;1-2H3. The van der Waals surface area contributed by atoms with Crippen LogP contribution >= 0.6 is 0 Å². The largest absolute Gasteiger partial charge is 0.436 e. The summed E-state index contributed by atoms with van der Waals surface area (Å²) in [5.41, 5.74) is 5.74. The van der Waals surface area contributed by atoms with Gasteiger partial charge in [-0.25, -0.2) is 9.97 Å². The van der Waals surface area contributed by atoms with Crippen molar-refractivity contribution in [3.05, 3.63) is 72.1 Å². The van der Waals surface area contributed by atoms with E-state index in [2.05, 4.69) is 35.1 Å². The Bertz CT molecular complexity index is 1040. The highest BCUT2D eigenvalue weighted by Gasteiger charge is 2.13. The summed E-state index contributed by atoms with van der Waals surface area (Å²) in [6.07, 6.45) is 2.09. The molecule has 0 fully saturated rings.